The van der Waals surface area contributed by atoms with Crippen LogP contribution in [0.5, 0.6) is 0 Å². The summed E-state index contributed by atoms with van der Waals surface area (Å²) in [6.45, 7) is 0. The Balaban J connectivity index is -0.0000000383. The molecule has 0 amide bonds. The van der Waals surface area contributed by atoms with E-state index in [4.69, 9.17) is 32.6 Å². The summed E-state index contributed by atoms with van der Waals surface area (Å²) in [7, 11) is -4.64. The minimum absolute atomic E-state index is 0. The minimum atomic E-state index is -4.64. The first-order chi connectivity index (χ1) is 3.73. The summed E-state index contributed by atoms with van der Waals surface area (Å²) in [4.78, 5) is 21.6. The summed E-state index contributed by atoms with van der Waals surface area (Å²) in [5.74, 6) is 0. The van der Waals surface area contributed by atoms with E-state index in [-0.39, 0.29) is 80.9 Å². The van der Waals surface area contributed by atoms with E-state index in [1.165, 1.54) is 0 Å². The Kier molecular flexibility index (Phi) is 27.4. The molecule has 0 saturated heterocycles. The van der Waals surface area contributed by atoms with E-state index in [0.717, 1.165) is 0 Å². The first-order valence-corrected chi connectivity index (χ1v) is 3.94. The molecule has 0 radical (unpaired) electrons. The molecule has 0 aliphatic carbocycles. The van der Waals surface area contributed by atoms with Crippen molar-refractivity contribution < 1.29 is 32.6 Å². The van der Waals surface area contributed by atoms with Crippen molar-refractivity contribution in [2.24, 2.45) is 0 Å². The SMILES string of the molecule is O=P(O)(O)O.O=S(O)O.[KH].[NaH]. The van der Waals surface area contributed by atoms with Crippen molar-refractivity contribution in [1.29, 1.82) is 0 Å². The van der Waals surface area contributed by atoms with E-state index in [0.29, 0.717) is 0 Å². The molecule has 0 aliphatic heterocycles. The van der Waals surface area contributed by atoms with Gasteiger partial charge >= 0.3 is 88.8 Å². The molecule has 11 heavy (non-hydrogen) atoms. The predicted molar refractivity (Wildman–Crippen MR) is 42.0 cm³/mol. The summed E-state index contributed by atoms with van der Waals surface area (Å²) in [6.07, 6.45) is 0. The molecule has 0 aromatic heterocycles. The van der Waals surface area contributed by atoms with Crippen LogP contribution >= 0.6 is 7.82 Å². The van der Waals surface area contributed by atoms with Crippen LogP contribution in [0, 0.1) is 0 Å². The normalized spacial score (nSPS) is 8.55. The molecule has 0 aromatic carbocycles. The molecule has 0 rings (SSSR count). The maximum absolute atomic E-state index is 8.88. The first kappa shape index (κ1) is 23.6. The van der Waals surface area contributed by atoms with Crippen LogP contribution < -0.4 is 0 Å². The van der Waals surface area contributed by atoms with Gasteiger partial charge in [0.25, 0.3) is 11.4 Å². The fourth-order valence-electron chi connectivity index (χ4n) is 0. The number of phosphoric acid groups is 1. The van der Waals surface area contributed by atoms with Gasteiger partial charge in [0.1, 0.15) is 0 Å². The molecule has 0 saturated carbocycles. The summed E-state index contributed by atoms with van der Waals surface area (Å²) in [5.41, 5.74) is 0. The van der Waals surface area contributed by atoms with Crippen molar-refractivity contribution in [2.45, 2.75) is 0 Å². The Hall–Kier alpha value is 2.82. The maximum atomic E-state index is 8.88. The summed E-state index contributed by atoms with van der Waals surface area (Å²) >= 11 is -2.61. The summed E-state index contributed by atoms with van der Waals surface area (Å²) in [6, 6.07) is 0. The third-order valence-electron chi connectivity index (χ3n) is 0. The number of hydrogen-bond donors (Lipinski definition) is 5. The van der Waals surface area contributed by atoms with E-state index in [1.807, 2.05) is 0 Å². The van der Waals surface area contributed by atoms with E-state index in [1.54, 1.807) is 0 Å². The van der Waals surface area contributed by atoms with E-state index in [2.05, 4.69) is 0 Å². The van der Waals surface area contributed by atoms with E-state index < -0.39 is 19.2 Å². The number of rotatable bonds is 0. The van der Waals surface area contributed by atoms with Gasteiger partial charge in [-0.05, 0) is 0 Å². The Bertz CT molecular complexity index is 118. The monoisotopic (exact) mass is 244 g/mol. The summed E-state index contributed by atoms with van der Waals surface area (Å²) in [5, 5.41) is 0. The van der Waals surface area contributed by atoms with Crippen LogP contribution in [-0.2, 0) is 15.9 Å². The second-order valence-corrected chi connectivity index (χ2v) is 2.23. The summed E-state index contributed by atoms with van der Waals surface area (Å²) < 4.78 is 31.7. The van der Waals surface area contributed by atoms with Crippen LogP contribution in [0.15, 0.2) is 0 Å². The zero-order valence-electron chi connectivity index (χ0n) is 3.91. The quantitative estimate of drug-likeness (QED) is 0.180. The predicted octanol–water partition coefficient (Wildman–Crippen LogP) is -2.54. The van der Waals surface area contributed by atoms with Crippen molar-refractivity contribution in [3.63, 3.8) is 0 Å². The molecule has 0 bridgehead atoms. The third kappa shape index (κ3) is 189. The molecule has 0 aliphatic rings. The Morgan fingerprint density at radius 3 is 1.09 bits per heavy atom. The zero-order chi connectivity index (χ0) is 8.08. The van der Waals surface area contributed by atoms with Crippen LogP contribution in [0.3, 0.4) is 0 Å². The van der Waals surface area contributed by atoms with Gasteiger partial charge in [0.15, 0.2) is 0 Å². The fourth-order valence-corrected chi connectivity index (χ4v) is 0. The van der Waals surface area contributed by atoms with Gasteiger partial charge in [0.05, 0.1) is 0 Å². The van der Waals surface area contributed by atoms with E-state index >= 15 is 0 Å². The molecule has 5 N–H and O–H groups in total. The fraction of sp³-hybridized carbons (Fsp3) is 0. The van der Waals surface area contributed by atoms with Crippen LogP contribution in [0.25, 0.3) is 0 Å². The van der Waals surface area contributed by atoms with Crippen LogP contribution in [0.4, 0.5) is 0 Å². The van der Waals surface area contributed by atoms with Gasteiger partial charge in [-0.3, -0.25) is 9.11 Å². The van der Waals surface area contributed by atoms with Gasteiger partial charge in [0.2, 0.25) is 0 Å². The van der Waals surface area contributed by atoms with Crippen LogP contribution in [0.1, 0.15) is 0 Å². The standard InChI is InChI=1S/K.Na.H3O4P.H2O3S.2H/c;;1-5(2,3)4;1-4(2)3;;/h;;(H3,1,2,3,4);(H2,1,2,3);;. The Labute approximate surface area is 130 Å². The van der Waals surface area contributed by atoms with Crippen molar-refractivity contribution in [3.05, 3.63) is 0 Å². The van der Waals surface area contributed by atoms with Crippen molar-refractivity contribution in [2.75, 3.05) is 0 Å². The molecule has 62 valence electrons. The molecule has 11 heteroatoms. The van der Waals surface area contributed by atoms with E-state index in [9.17, 15) is 0 Å². The Morgan fingerprint density at radius 2 is 1.09 bits per heavy atom. The molecule has 0 aromatic rings. The third-order valence-corrected chi connectivity index (χ3v) is 0. The van der Waals surface area contributed by atoms with Gasteiger partial charge in [-0.15, -0.1) is 0 Å². The van der Waals surface area contributed by atoms with Crippen LogP contribution in [0.2, 0.25) is 0 Å². The van der Waals surface area contributed by atoms with Gasteiger partial charge in [0, 0.05) is 0 Å². The van der Waals surface area contributed by atoms with Gasteiger partial charge < -0.3 is 14.7 Å². The van der Waals surface area contributed by atoms with Gasteiger partial charge in [-0.1, -0.05) is 0 Å². The number of hydrogen-bond acceptors (Lipinski definition) is 2. The molecule has 0 fully saturated rings. The molecular weight excluding hydrogens is 237 g/mol. The van der Waals surface area contributed by atoms with Crippen molar-refractivity contribution in [3.8, 4) is 0 Å². The van der Waals surface area contributed by atoms with Gasteiger partial charge in [-0.25, -0.2) is 4.57 Å². The molecular formula is H7KNaO7PS. The molecule has 0 atom stereocenters. The molecule has 7 nitrogen and oxygen atoms in total. The van der Waals surface area contributed by atoms with Crippen LogP contribution in [-0.4, -0.2) is 109 Å². The van der Waals surface area contributed by atoms with Gasteiger partial charge in [-0.2, -0.15) is 4.21 Å². The second-order valence-electron chi connectivity index (χ2n) is 0.744. The molecule has 0 unspecified atom stereocenters. The average molecular weight is 244 g/mol. The average Bonchev–Trinajstić information content (AvgIpc) is 1.19. The van der Waals surface area contributed by atoms with Crippen molar-refractivity contribution >= 4 is 100 Å². The topological polar surface area (TPSA) is 135 Å². The second kappa shape index (κ2) is 12.8. The molecule has 0 heterocycles. The Morgan fingerprint density at radius 1 is 1.09 bits per heavy atom. The van der Waals surface area contributed by atoms with Crippen molar-refractivity contribution in [1.82, 2.24) is 0 Å². The zero-order valence-corrected chi connectivity index (χ0v) is 5.62. The molecule has 0 spiro atoms. The first-order valence-electron chi connectivity index (χ1n) is 1.31.